The maximum absolute atomic E-state index is 12.2. The molecule has 0 aliphatic rings. The number of Topliss-reactive ketones (excluding diaryl/α,β-unsaturated/α-hetero) is 1. The average molecular weight is 430 g/mol. The predicted octanol–water partition coefficient (Wildman–Crippen LogP) is 5.31. The van der Waals surface area contributed by atoms with Crippen molar-refractivity contribution in [2.24, 2.45) is 7.05 Å². The first kappa shape index (κ1) is 18.9. The van der Waals surface area contributed by atoms with Crippen LogP contribution in [0.25, 0.3) is 11.4 Å². The van der Waals surface area contributed by atoms with Gasteiger partial charge in [-0.1, -0.05) is 64.1 Å². The number of carbonyl (C=O) groups excluding carboxylic acids is 1. The van der Waals surface area contributed by atoms with Gasteiger partial charge in [-0.3, -0.25) is 4.79 Å². The van der Waals surface area contributed by atoms with Crippen molar-refractivity contribution >= 4 is 33.5 Å². The molecule has 26 heavy (non-hydrogen) atoms. The number of hydrogen-bond donors (Lipinski definition) is 0. The highest BCUT2D eigenvalue weighted by molar-refractivity contribution is 9.10. The molecule has 0 radical (unpaired) electrons. The van der Waals surface area contributed by atoms with Crippen molar-refractivity contribution in [2.75, 3.05) is 5.75 Å². The maximum atomic E-state index is 12.2. The molecule has 1 heterocycles. The van der Waals surface area contributed by atoms with Crippen molar-refractivity contribution in [2.45, 2.75) is 24.9 Å². The van der Waals surface area contributed by atoms with Crippen LogP contribution in [0.15, 0.2) is 58.2 Å². The van der Waals surface area contributed by atoms with E-state index in [9.17, 15) is 4.79 Å². The molecular formula is C20H20BrN3OS. The Labute approximate surface area is 166 Å². The van der Waals surface area contributed by atoms with Gasteiger partial charge in [0.25, 0.3) is 0 Å². The van der Waals surface area contributed by atoms with Crippen molar-refractivity contribution in [3.8, 4) is 11.4 Å². The maximum Gasteiger partial charge on any atom is 0.191 e. The van der Waals surface area contributed by atoms with Crippen LogP contribution in [0.4, 0.5) is 0 Å². The Morgan fingerprint density at radius 3 is 2.58 bits per heavy atom. The van der Waals surface area contributed by atoms with Crippen molar-refractivity contribution in [3.63, 3.8) is 0 Å². The van der Waals surface area contributed by atoms with E-state index in [4.69, 9.17) is 0 Å². The van der Waals surface area contributed by atoms with Crippen LogP contribution in [0.5, 0.6) is 0 Å². The minimum atomic E-state index is 0.177. The first-order valence-corrected chi connectivity index (χ1v) is 10.2. The zero-order chi connectivity index (χ0) is 18.5. The normalized spacial score (nSPS) is 10.9. The fourth-order valence-corrected chi connectivity index (χ4v) is 3.79. The Kier molecular flexibility index (Phi) is 6.27. The molecule has 0 amide bonds. The number of aromatic nitrogens is 3. The van der Waals surface area contributed by atoms with E-state index >= 15 is 0 Å². The van der Waals surface area contributed by atoms with Crippen LogP contribution < -0.4 is 0 Å². The molecule has 0 aliphatic carbocycles. The second-order valence-electron chi connectivity index (χ2n) is 6.06. The molecule has 3 rings (SSSR count). The first-order valence-electron chi connectivity index (χ1n) is 8.43. The minimum Gasteiger partial charge on any atom is -0.305 e. The van der Waals surface area contributed by atoms with E-state index in [-0.39, 0.29) is 5.78 Å². The number of thioether (sulfide) groups is 1. The lowest BCUT2D eigenvalue weighted by atomic mass is 10.1. The van der Waals surface area contributed by atoms with Crippen LogP contribution >= 0.6 is 27.7 Å². The molecule has 0 saturated heterocycles. The van der Waals surface area contributed by atoms with E-state index in [0.29, 0.717) is 6.42 Å². The predicted molar refractivity (Wildman–Crippen MR) is 110 cm³/mol. The van der Waals surface area contributed by atoms with Gasteiger partial charge in [0, 0.05) is 34.8 Å². The van der Waals surface area contributed by atoms with Crippen molar-refractivity contribution in [3.05, 3.63) is 64.1 Å². The van der Waals surface area contributed by atoms with E-state index in [1.165, 1.54) is 5.56 Å². The molecule has 4 nitrogen and oxygen atoms in total. The molecule has 0 aliphatic heterocycles. The SMILES string of the molecule is Cc1ccccc1-c1nnc(SCCCC(=O)c2ccc(Br)cc2)n1C. The molecule has 3 aromatic rings. The molecule has 0 unspecified atom stereocenters. The highest BCUT2D eigenvalue weighted by atomic mass is 79.9. The van der Waals surface area contributed by atoms with E-state index < -0.39 is 0 Å². The summed E-state index contributed by atoms with van der Waals surface area (Å²) in [5.74, 6) is 1.88. The topological polar surface area (TPSA) is 47.8 Å². The molecule has 2 aromatic carbocycles. The van der Waals surface area contributed by atoms with Crippen LogP contribution in [0.3, 0.4) is 0 Å². The fourth-order valence-electron chi connectivity index (χ4n) is 2.68. The molecule has 1 aromatic heterocycles. The zero-order valence-electron chi connectivity index (χ0n) is 14.8. The summed E-state index contributed by atoms with van der Waals surface area (Å²) in [5.41, 5.74) is 3.04. The molecule has 0 atom stereocenters. The standard InChI is InChI=1S/C20H20BrN3OS/c1-14-6-3-4-7-17(14)19-22-23-20(24(19)2)26-13-5-8-18(25)15-9-11-16(21)12-10-15/h3-4,6-7,9-12H,5,8,13H2,1-2H3. The third-order valence-electron chi connectivity index (χ3n) is 4.17. The van der Waals surface area contributed by atoms with Crippen LogP contribution in [0.1, 0.15) is 28.8 Å². The molecule has 0 bridgehead atoms. The molecular weight excluding hydrogens is 410 g/mol. The summed E-state index contributed by atoms with van der Waals surface area (Å²) in [6.07, 6.45) is 1.35. The Morgan fingerprint density at radius 1 is 1.12 bits per heavy atom. The van der Waals surface area contributed by atoms with Crippen LogP contribution in [-0.4, -0.2) is 26.3 Å². The summed E-state index contributed by atoms with van der Waals surface area (Å²) in [7, 11) is 1.98. The number of benzene rings is 2. The highest BCUT2D eigenvalue weighted by Gasteiger charge is 2.13. The van der Waals surface area contributed by atoms with Crippen LogP contribution in [-0.2, 0) is 7.05 Å². The minimum absolute atomic E-state index is 0.177. The summed E-state index contributed by atoms with van der Waals surface area (Å²) < 4.78 is 3.00. The molecule has 6 heteroatoms. The van der Waals surface area contributed by atoms with Gasteiger partial charge in [0.05, 0.1) is 0 Å². The highest BCUT2D eigenvalue weighted by Crippen LogP contribution is 2.25. The van der Waals surface area contributed by atoms with Gasteiger partial charge in [-0.25, -0.2) is 0 Å². The molecule has 0 fully saturated rings. The monoisotopic (exact) mass is 429 g/mol. The van der Waals surface area contributed by atoms with Gasteiger partial charge < -0.3 is 4.57 Å². The molecule has 134 valence electrons. The number of rotatable bonds is 7. The first-order chi connectivity index (χ1) is 12.6. The van der Waals surface area contributed by atoms with E-state index in [0.717, 1.165) is 38.8 Å². The van der Waals surface area contributed by atoms with E-state index in [1.807, 2.05) is 48.0 Å². The average Bonchev–Trinajstić information content (AvgIpc) is 3.00. The number of ketones is 1. The third kappa shape index (κ3) is 4.43. The van der Waals surface area contributed by atoms with Gasteiger partial charge in [-0.2, -0.15) is 0 Å². The number of nitrogens with zero attached hydrogens (tertiary/aromatic N) is 3. The Balaban J connectivity index is 1.55. The molecule has 0 N–H and O–H groups in total. The fraction of sp³-hybridized carbons (Fsp3) is 0.250. The lowest BCUT2D eigenvalue weighted by Crippen LogP contribution is -2.00. The summed E-state index contributed by atoms with van der Waals surface area (Å²) in [6, 6.07) is 15.7. The van der Waals surface area contributed by atoms with Gasteiger partial charge >= 0.3 is 0 Å². The quantitative estimate of drug-likeness (QED) is 0.290. The summed E-state index contributed by atoms with van der Waals surface area (Å²) in [5, 5.41) is 9.52. The van der Waals surface area contributed by atoms with E-state index in [2.05, 4.69) is 45.2 Å². The van der Waals surface area contributed by atoms with Crippen molar-refractivity contribution in [1.82, 2.24) is 14.8 Å². The van der Waals surface area contributed by atoms with Gasteiger partial charge in [-0.15, -0.1) is 10.2 Å². The molecule has 0 saturated carbocycles. The smallest absolute Gasteiger partial charge is 0.191 e. The van der Waals surface area contributed by atoms with Crippen LogP contribution in [0, 0.1) is 6.92 Å². The summed E-state index contributed by atoms with van der Waals surface area (Å²) in [4.78, 5) is 12.2. The summed E-state index contributed by atoms with van der Waals surface area (Å²) in [6.45, 7) is 2.07. The lowest BCUT2D eigenvalue weighted by molar-refractivity contribution is 0.0982. The van der Waals surface area contributed by atoms with Crippen LogP contribution in [0.2, 0.25) is 0 Å². The summed E-state index contributed by atoms with van der Waals surface area (Å²) >= 11 is 5.02. The number of aryl methyl sites for hydroxylation is 1. The lowest BCUT2D eigenvalue weighted by Gasteiger charge is -2.06. The van der Waals surface area contributed by atoms with E-state index in [1.54, 1.807) is 11.8 Å². The number of carbonyl (C=O) groups is 1. The second kappa shape index (κ2) is 8.64. The number of halogens is 1. The largest absolute Gasteiger partial charge is 0.305 e. The van der Waals surface area contributed by atoms with Crippen molar-refractivity contribution in [1.29, 1.82) is 0 Å². The van der Waals surface area contributed by atoms with Crippen molar-refractivity contribution < 1.29 is 4.79 Å². The number of hydrogen-bond acceptors (Lipinski definition) is 4. The molecule has 0 spiro atoms. The van der Waals surface area contributed by atoms with Gasteiger partial charge in [-0.05, 0) is 31.0 Å². The van der Waals surface area contributed by atoms with Gasteiger partial charge in [0.1, 0.15) is 0 Å². The second-order valence-corrected chi connectivity index (χ2v) is 8.04. The third-order valence-corrected chi connectivity index (χ3v) is 5.80. The Bertz CT molecular complexity index is 906. The van der Waals surface area contributed by atoms with Gasteiger partial charge in [0.15, 0.2) is 16.8 Å². The Morgan fingerprint density at radius 2 is 1.85 bits per heavy atom. The van der Waals surface area contributed by atoms with Gasteiger partial charge in [0.2, 0.25) is 0 Å². The zero-order valence-corrected chi connectivity index (χ0v) is 17.2. The Hall–Kier alpha value is -1.92.